The van der Waals surface area contributed by atoms with Crippen molar-refractivity contribution >= 4 is 5.82 Å². The molecule has 0 radical (unpaired) electrons. The topological polar surface area (TPSA) is 61.5 Å². The molecule has 0 unspecified atom stereocenters. The minimum atomic E-state index is -1.27. The van der Waals surface area contributed by atoms with Crippen molar-refractivity contribution < 1.29 is 17.9 Å². The highest BCUT2D eigenvalue weighted by atomic mass is 19.2. The predicted molar refractivity (Wildman–Crippen MR) is 90.1 cm³/mol. The lowest BCUT2D eigenvalue weighted by molar-refractivity contribution is 0.299. The van der Waals surface area contributed by atoms with Crippen molar-refractivity contribution in [3.05, 3.63) is 51.8 Å². The Bertz CT molecular complexity index is 835. The predicted octanol–water partition coefficient (Wildman–Crippen LogP) is 1.56. The highest BCUT2D eigenvalue weighted by Crippen LogP contribution is 2.21. The summed E-state index contributed by atoms with van der Waals surface area (Å²) in [4.78, 5) is 23.1. The Hall–Kier alpha value is -2.55. The van der Waals surface area contributed by atoms with Crippen LogP contribution in [0.15, 0.2) is 23.1 Å². The van der Waals surface area contributed by atoms with Gasteiger partial charge in [-0.15, -0.1) is 0 Å². The van der Waals surface area contributed by atoms with E-state index in [2.05, 4.69) is 14.9 Å². The van der Waals surface area contributed by atoms with Crippen molar-refractivity contribution in [2.75, 3.05) is 44.7 Å². The van der Waals surface area contributed by atoms with Crippen LogP contribution in [-0.4, -0.2) is 54.7 Å². The zero-order chi connectivity index (χ0) is 18.7. The molecule has 1 saturated heterocycles. The van der Waals surface area contributed by atoms with Gasteiger partial charge < -0.3 is 19.5 Å². The summed E-state index contributed by atoms with van der Waals surface area (Å²) in [5, 5.41) is 0. The Labute approximate surface area is 148 Å². The van der Waals surface area contributed by atoms with Crippen LogP contribution in [0.2, 0.25) is 0 Å². The lowest BCUT2D eigenvalue weighted by atomic mass is 10.3. The van der Waals surface area contributed by atoms with Crippen LogP contribution in [0.4, 0.5) is 19.0 Å². The van der Waals surface area contributed by atoms with Crippen LogP contribution in [0.25, 0.3) is 0 Å². The van der Waals surface area contributed by atoms with E-state index in [0.717, 1.165) is 13.1 Å². The van der Waals surface area contributed by atoms with E-state index in [1.165, 1.54) is 6.20 Å². The summed E-state index contributed by atoms with van der Waals surface area (Å²) in [7, 11) is 2.01. The second kappa shape index (κ2) is 7.77. The summed E-state index contributed by atoms with van der Waals surface area (Å²) in [5.74, 6) is -3.45. The van der Waals surface area contributed by atoms with E-state index in [9.17, 15) is 18.0 Å². The van der Waals surface area contributed by atoms with Crippen LogP contribution in [0.5, 0.6) is 5.75 Å². The monoisotopic (exact) mass is 368 g/mol. The first-order valence-electron chi connectivity index (χ1n) is 8.23. The standard InChI is InChI=1S/C17H19F3N4O2/c1-23-3-5-24(6-4-23)16-17(25)21-10-11(22-16)2-7-26-15-9-13(19)12(18)8-14(15)20/h8-10H,2-7H2,1H3,(H,21,25). The third-order valence-electron chi connectivity index (χ3n) is 4.22. The van der Waals surface area contributed by atoms with Gasteiger partial charge in [-0.2, -0.15) is 0 Å². The second-order valence-electron chi connectivity index (χ2n) is 6.13. The molecule has 1 aromatic heterocycles. The van der Waals surface area contributed by atoms with Gasteiger partial charge in [0.1, 0.15) is 0 Å². The smallest absolute Gasteiger partial charge is 0.290 e. The number of likely N-dealkylation sites (N-methyl/N-ethyl adjacent to an activating group) is 1. The van der Waals surface area contributed by atoms with Gasteiger partial charge in [0.25, 0.3) is 5.56 Å². The molecule has 2 aromatic rings. The number of nitrogens with one attached hydrogen (secondary N) is 1. The molecule has 26 heavy (non-hydrogen) atoms. The quantitative estimate of drug-likeness (QED) is 0.812. The average molecular weight is 368 g/mol. The molecule has 3 rings (SSSR count). The van der Waals surface area contributed by atoms with Crippen LogP contribution in [-0.2, 0) is 6.42 Å². The van der Waals surface area contributed by atoms with Gasteiger partial charge in [-0.05, 0) is 7.05 Å². The Morgan fingerprint density at radius 1 is 1.12 bits per heavy atom. The molecule has 0 bridgehead atoms. The lowest BCUT2D eigenvalue weighted by Gasteiger charge is -2.32. The maximum absolute atomic E-state index is 13.5. The SMILES string of the molecule is CN1CCN(c2nc(CCOc3cc(F)c(F)cc3F)c[nH]c2=O)CC1. The molecule has 0 atom stereocenters. The van der Waals surface area contributed by atoms with Gasteiger partial charge in [-0.3, -0.25) is 4.79 Å². The van der Waals surface area contributed by atoms with Crippen LogP contribution in [0.3, 0.4) is 0 Å². The third-order valence-corrected chi connectivity index (χ3v) is 4.22. The summed E-state index contributed by atoms with van der Waals surface area (Å²) >= 11 is 0. The summed E-state index contributed by atoms with van der Waals surface area (Å²) in [6.45, 7) is 3.08. The van der Waals surface area contributed by atoms with E-state index >= 15 is 0 Å². The fourth-order valence-corrected chi connectivity index (χ4v) is 2.67. The van der Waals surface area contributed by atoms with E-state index < -0.39 is 17.5 Å². The number of hydrogen-bond donors (Lipinski definition) is 1. The molecule has 0 spiro atoms. The molecule has 140 valence electrons. The first-order valence-corrected chi connectivity index (χ1v) is 8.23. The van der Waals surface area contributed by atoms with Gasteiger partial charge in [0.15, 0.2) is 29.0 Å². The van der Waals surface area contributed by atoms with Crippen LogP contribution in [0, 0.1) is 17.5 Å². The van der Waals surface area contributed by atoms with Gasteiger partial charge >= 0.3 is 0 Å². The molecule has 1 aromatic carbocycles. The van der Waals surface area contributed by atoms with E-state index in [1.54, 1.807) is 0 Å². The van der Waals surface area contributed by atoms with E-state index in [1.807, 2.05) is 11.9 Å². The number of halogens is 3. The Balaban J connectivity index is 1.65. The average Bonchev–Trinajstić information content (AvgIpc) is 2.61. The zero-order valence-corrected chi connectivity index (χ0v) is 14.3. The van der Waals surface area contributed by atoms with Gasteiger partial charge in [-0.25, -0.2) is 18.2 Å². The van der Waals surface area contributed by atoms with Gasteiger partial charge in [0.2, 0.25) is 0 Å². The van der Waals surface area contributed by atoms with Crippen LogP contribution < -0.4 is 15.2 Å². The molecular formula is C17H19F3N4O2. The van der Waals surface area contributed by atoms with Crippen molar-refractivity contribution in [3.63, 3.8) is 0 Å². The van der Waals surface area contributed by atoms with Crippen molar-refractivity contribution in [3.8, 4) is 5.75 Å². The molecule has 1 aliphatic rings. The molecule has 0 aliphatic carbocycles. The number of ether oxygens (including phenoxy) is 1. The fraction of sp³-hybridized carbons (Fsp3) is 0.412. The third kappa shape index (κ3) is 4.16. The number of H-pyrrole nitrogens is 1. The summed E-state index contributed by atoms with van der Waals surface area (Å²) < 4.78 is 44.8. The van der Waals surface area contributed by atoms with Crippen molar-refractivity contribution in [1.82, 2.24) is 14.9 Å². The minimum absolute atomic E-state index is 0.00319. The molecule has 1 aliphatic heterocycles. The second-order valence-corrected chi connectivity index (χ2v) is 6.13. The first kappa shape index (κ1) is 18.2. The fourth-order valence-electron chi connectivity index (χ4n) is 2.67. The van der Waals surface area contributed by atoms with Gasteiger partial charge in [-0.1, -0.05) is 0 Å². The molecule has 1 N–H and O–H groups in total. The van der Waals surface area contributed by atoms with Crippen LogP contribution >= 0.6 is 0 Å². The highest BCUT2D eigenvalue weighted by Gasteiger charge is 2.18. The Kier molecular flexibility index (Phi) is 5.46. The van der Waals surface area contributed by atoms with Gasteiger partial charge in [0.05, 0.1) is 12.3 Å². The van der Waals surface area contributed by atoms with Gasteiger partial charge in [0, 0.05) is 50.9 Å². The maximum atomic E-state index is 13.5. The Morgan fingerprint density at radius 3 is 2.54 bits per heavy atom. The number of anilines is 1. The van der Waals surface area contributed by atoms with E-state index in [4.69, 9.17) is 4.74 Å². The molecular weight excluding hydrogens is 349 g/mol. The number of aromatic amines is 1. The number of benzene rings is 1. The molecule has 1 fully saturated rings. The largest absolute Gasteiger partial charge is 0.490 e. The number of aromatic nitrogens is 2. The minimum Gasteiger partial charge on any atom is -0.490 e. The number of nitrogens with zero attached hydrogens (tertiary/aromatic N) is 3. The van der Waals surface area contributed by atoms with E-state index in [0.29, 0.717) is 36.7 Å². The van der Waals surface area contributed by atoms with Crippen molar-refractivity contribution in [2.45, 2.75) is 6.42 Å². The number of rotatable bonds is 5. The molecule has 2 heterocycles. The number of hydrogen-bond acceptors (Lipinski definition) is 5. The number of piperazine rings is 1. The molecule has 0 saturated carbocycles. The molecule has 0 amide bonds. The summed E-state index contributed by atoms with van der Waals surface area (Å²) in [6.07, 6.45) is 1.74. The van der Waals surface area contributed by atoms with Crippen molar-refractivity contribution in [2.24, 2.45) is 0 Å². The lowest BCUT2D eigenvalue weighted by Crippen LogP contribution is -2.46. The molecule has 9 heteroatoms. The maximum Gasteiger partial charge on any atom is 0.290 e. The van der Waals surface area contributed by atoms with Crippen molar-refractivity contribution in [1.29, 1.82) is 0 Å². The highest BCUT2D eigenvalue weighted by molar-refractivity contribution is 5.37. The summed E-state index contributed by atoms with van der Waals surface area (Å²) in [5.41, 5.74) is 0.285. The normalized spacial score (nSPS) is 15.3. The first-order chi connectivity index (χ1) is 12.4. The summed E-state index contributed by atoms with van der Waals surface area (Å²) in [6, 6.07) is 1.11. The van der Waals surface area contributed by atoms with Crippen LogP contribution in [0.1, 0.15) is 5.69 Å². The zero-order valence-electron chi connectivity index (χ0n) is 14.3. The molecule has 6 nitrogen and oxygen atoms in total. The Morgan fingerprint density at radius 2 is 1.81 bits per heavy atom. The van der Waals surface area contributed by atoms with E-state index in [-0.39, 0.29) is 24.3 Å².